The predicted octanol–water partition coefficient (Wildman–Crippen LogP) is 0.187. The fourth-order valence-electron chi connectivity index (χ4n) is 4.23. The third-order valence-electron chi connectivity index (χ3n) is 5.94. The van der Waals surface area contributed by atoms with Gasteiger partial charge in [-0.25, -0.2) is 0 Å². The summed E-state index contributed by atoms with van der Waals surface area (Å²) in [5.74, 6) is 0.248. The van der Waals surface area contributed by atoms with Crippen molar-refractivity contribution in [3.63, 3.8) is 0 Å². The molecule has 29 heavy (non-hydrogen) atoms. The molecule has 0 spiro atoms. The third-order valence-corrected chi connectivity index (χ3v) is 6.67. The SMILES string of the molecule is O=C(CC[NH+]1CC[NH+](Cc2ccsc2)CC1)Nc1ccc(N2CCCC2=O)cc1. The van der Waals surface area contributed by atoms with Gasteiger partial charge in [0.2, 0.25) is 11.8 Å². The van der Waals surface area contributed by atoms with E-state index in [-0.39, 0.29) is 11.8 Å². The van der Waals surface area contributed by atoms with Crippen LogP contribution < -0.4 is 20.0 Å². The van der Waals surface area contributed by atoms with Crippen LogP contribution in [0.4, 0.5) is 11.4 Å². The molecular formula is C22H30N4O2S+2. The molecule has 0 bridgehead atoms. The minimum atomic E-state index is 0.0653. The lowest BCUT2D eigenvalue weighted by molar-refractivity contribution is -1.02. The zero-order valence-corrected chi connectivity index (χ0v) is 17.6. The van der Waals surface area contributed by atoms with Gasteiger partial charge in [-0.1, -0.05) is 0 Å². The first-order chi connectivity index (χ1) is 14.2. The van der Waals surface area contributed by atoms with Gasteiger partial charge in [0.1, 0.15) is 32.7 Å². The number of nitrogens with one attached hydrogen (secondary N) is 3. The minimum Gasteiger partial charge on any atom is -0.326 e. The number of piperazine rings is 1. The molecule has 2 saturated heterocycles. The van der Waals surface area contributed by atoms with Gasteiger partial charge in [-0.2, -0.15) is 11.3 Å². The van der Waals surface area contributed by atoms with Crippen molar-refractivity contribution < 1.29 is 19.4 Å². The molecule has 2 aromatic rings. The summed E-state index contributed by atoms with van der Waals surface area (Å²) in [6, 6.07) is 9.83. The van der Waals surface area contributed by atoms with Crippen LogP contribution in [0.2, 0.25) is 0 Å². The largest absolute Gasteiger partial charge is 0.326 e. The van der Waals surface area contributed by atoms with Gasteiger partial charge in [0.25, 0.3) is 0 Å². The number of carbonyl (C=O) groups is 2. The van der Waals surface area contributed by atoms with Gasteiger partial charge >= 0.3 is 0 Å². The summed E-state index contributed by atoms with van der Waals surface area (Å²) in [7, 11) is 0. The van der Waals surface area contributed by atoms with Crippen molar-refractivity contribution in [3.05, 3.63) is 46.7 Å². The van der Waals surface area contributed by atoms with E-state index < -0.39 is 0 Å². The number of carbonyl (C=O) groups excluding carboxylic acids is 2. The van der Waals surface area contributed by atoms with E-state index in [1.807, 2.05) is 29.2 Å². The number of thiophene rings is 1. The highest BCUT2D eigenvalue weighted by atomic mass is 32.1. The number of hydrogen-bond acceptors (Lipinski definition) is 3. The quantitative estimate of drug-likeness (QED) is 0.606. The standard InChI is InChI=1S/C22H28N4O2S/c27-21(23-19-3-5-20(6-4-19)26-9-1-2-22(26)28)7-10-24-11-13-25(14-12-24)16-18-8-15-29-17-18/h3-6,8,15,17H,1-2,7,9-14,16H2,(H,23,27)/p+2. The predicted molar refractivity (Wildman–Crippen MR) is 116 cm³/mol. The Morgan fingerprint density at radius 1 is 1.07 bits per heavy atom. The summed E-state index contributed by atoms with van der Waals surface area (Å²) in [5, 5.41) is 7.38. The molecule has 2 aliphatic rings. The van der Waals surface area contributed by atoms with Gasteiger partial charge in [0.15, 0.2) is 0 Å². The molecule has 1 aromatic heterocycles. The average Bonchev–Trinajstić information content (AvgIpc) is 3.40. The summed E-state index contributed by atoms with van der Waals surface area (Å²) in [6.45, 7) is 7.40. The summed E-state index contributed by atoms with van der Waals surface area (Å²) in [6.07, 6.45) is 2.09. The van der Waals surface area contributed by atoms with Crippen LogP contribution in [-0.4, -0.2) is 51.1 Å². The maximum absolute atomic E-state index is 12.3. The lowest BCUT2D eigenvalue weighted by Gasteiger charge is -2.29. The van der Waals surface area contributed by atoms with Crippen molar-refractivity contribution in [3.8, 4) is 0 Å². The fraction of sp³-hybridized carbons (Fsp3) is 0.455. The molecular weight excluding hydrogens is 384 g/mol. The third kappa shape index (κ3) is 5.44. The average molecular weight is 415 g/mol. The van der Waals surface area contributed by atoms with E-state index in [1.165, 1.54) is 23.6 Å². The molecule has 2 fully saturated rings. The molecule has 1 aromatic carbocycles. The van der Waals surface area contributed by atoms with E-state index in [2.05, 4.69) is 22.1 Å². The Balaban J connectivity index is 1.17. The summed E-state index contributed by atoms with van der Waals surface area (Å²) < 4.78 is 0. The van der Waals surface area contributed by atoms with Crippen LogP contribution in [0.25, 0.3) is 0 Å². The van der Waals surface area contributed by atoms with Gasteiger partial charge in [0, 0.05) is 29.9 Å². The van der Waals surface area contributed by atoms with Crippen LogP contribution in [0.15, 0.2) is 41.1 Å². The first-order valence-electron chi connectivity index (χ1n) is 10.6. The Bertz CT molecular complexity index is 814. The van der Waals surface area contributed by atoms with Crippen molar-refractivity contribution in [1.82, 2.24) is 0 Å². The highest BCUT2D eigenvalue weighted by Crippen LogP contribution is 2.23. The Morgan fingerprint density at radius 3 is 2.48 bits per heavy atom. The number of benzene rings is 1. The van der Waals surface area contributed by atoms with E-state index in [4.69, 9.17) is 0 Å². The number of quaternary nitrogens is 2. The van der Waals surface area contributed by atoms with Crippen molar-refractivity contribution in [1.29, 1.82) is 0 Å². The first-order valence-corrected chi connectivity index (χ1v) is 11.5. The van der Waals surface area contributed by atoms with Gasteiger partial charge in [-0.15, -0.1) is 0 Å². The molecule has 3 N–H and O–H groups in total. The number of amides is 2. The van der Waals surface area contributed by atoms with E-state index in [0.29, 0.717) is 12.8 Å². The summed E-state index contributed by atoms with van der Waals surface area (Å²) in [5.41, 5.74) is 3.15. The van der Waals surface area contributed by atoms with Crippen molar-refractivity contribution >= 4 is 34.5 Å². The van der Waals surface area contributed by atoms with E-state index in [1.54, 1.807) is 16.2 Å². The zero-order valence-electron chi connectivity index (χ0n) is 16.8. The maximum Gasteiger partial charge on any atom is 0.230 e. The number of nitrogens with zero attached hydrogens (tertiary/aromatic N) is 1. The smallest absolute Gasteiger partial charge is 0.230 e. The fourth-order valence-corrected chi connectivity index (χ4v) is 4.89. The van der Waals surface area contributed by atoms with Crippen LogP contribution in [0, 0.1) is 0 Å². The Kier molecular flexibility index (Phi) is 6.59. The molecule has 0 unspecified atom stereocenters. The second-order valence-corrected chi connectivity index (χ2v) is 8.83. The van der Waals surface area contributed by atoms with E-state index >= 15 is 0 Å². The van der Waals surface area contributed by atoms with Crippen LogP contribution in [0.1, 0.15) is 24.8 Å². The number of anilines is 2. The molecule has 2 amide bonds. The molecule has 0 radical (unpaired) electrons. The first kappa shape index (κ1) is 20.1. The second-order valence-electron chi connectivity index (χ2n) is 8.05. The molecule has 3 heterocycles. The van der Waals surface area contributed by atoms with Crippen LogP contribution >= 0.6 is 11.3 Å². The normalized spacial score (nSPS) is 22.1. The monoisotopic (exact) mass is 414 g/mol. The van der Waals surface area contributed by atoms with Gasteiger partial charge in [-0.3, -0.25) is 9.59 Å². The molecule has 4 rings (SSSR count). The Labute approximate surface area is 176 Å². The lowest BCUT2D eigenvalue weighted by Crippen LogP contribution is -3.27. The van der Waals surface area contributed by atoms with Crippen LogP contribution in [-0.2, 0) is 16.1 Å². The summed E-state index contributed by atoms with van der Waals surface area (Å²) >= 11 is 1.77. The van der Waals surface area contributed by atoms with Gasteiger partial charge < -0.3 is 20.0 Å². The number of hydrogen-bond donors (Lipinski definition) is 3. The second kappa shape index (κ2) is 9.52. The van der Waals surface area contributed by atoms with Gasteiger partial charge in [-0.05, 0) is 47.5 Å². The van der Waals surface area contributed by atoms with Crippen molar-refractivity contribution in [2.45, 2.75) is 25.8 Å². The lowest BCUT2D eigenvalue weighted by atomic mass is 10.2. The van der Waals surface area contributed by atoms with E-state index in [0.717, 1.165) is 50.5 Å². The maximum atomic E-state index is 12.3. The molecule has 154 valence electrons. The highest BCUT2D eigenvalue weighted by Gasteiger charge is 2.24. The topological polar surface area (TPSA) is 58.3 Å². The zero-order chi connectivity index (χ0) is 20.1. The molecule has 0 saturated carbocycles. The molecule has 7 heteroatoms. The molecule has 6 nitrogen and oxygen atoms in total. The Morgan fingerprint density at radius 2 is 1.83 bits per heavy atom. The van der Waals surface area contributed by atoms with Crippen molar-refractivity contribution in [2.75, 3.05) is 49.5 Å². The minimum absolute atomic E-state index is 0.0653. The summed E-state index contributed by atoms with van der Waals surface area (Å²) in [4.78, 5) is 29.1. The Hall–Kier alpha value is -2.22. The van der Waals surface area contributed by atoms with Crippen molar-refractivity contribution in [2.24, 2.45) is 0 Å². The molecule has 0 aliphatic carbocycles. The molecule has 0 atom stereocenters. The van der Waals surface area contributed by atoms with Crippen LogP contribution in [0.3, 0.4) is 0 Å². The van der Waals surface area contributed by atoms with Gasteiger partial charge in [0.05, 0.1) is 13.0 Å². The van der Waals surface area contributed by atoms with E-state index in [9.17, 15) is 9.59 Å². The van der Waals surface area contributed by atoms with Crippen LogP contribution in [0.5, 0.6) is 0 Å². The highest BCUT2D eigenvalue weighted by molar-refractivity contribution is 7.07. The molecule has 2 aliphatic heterocycles. The number of rotatable bonds is 7.